The van der Waals surface area contributed by atoms with Gasteiger partial charge in [-0.2, -0.15) is 0 Å². The Bertz CT molecular complexity index is 462. The van der Waals surface area contributed by atoms with Crippen LogP contribution in [-0.4, -0.2) is 18.7 Å². The number of ether oxygens (including phenoxy) is 1. The average molecular weight is 283 g/mol. The zero-order chi connectivity index (χ0) is 14.8. The van der Waals surface area contributed by atoms with Gasteiger partial charge in [0.1, 0.15) is 11.9 Å². The molecule has 0 aromatic heterocycles. The molecule has 1 aliphatic carbocycles. The number of nitrogens with one attached hydrogen (secondary N) is 1. The topological polar surface area (TPSA) is 21.3 Å². The number of rotatable bonds is 4. The molecule has 1 N–H and O–H groups in total. The van der Waals surface area contributed by atoms with Crippen LogP contribution >= 0.6 is 0 Å². The van der Waals surface area contributed by atoms with Crippen LogP contribution in [0.5, 0.6) is 5.75 Å². The van der Waals surface area contributed by atoms with Crippen molar-refractivity contribution in [1.29, 1.82) is 0 Å². The molecule has 1 aromatic rings. The van der Waals surface area contributed by atoms with Gasteiger partial charge < -0.3 is 10.1 Å². The lowest BCUT2D eigenvalue weighted by Gasteiger charge is -2.44. The maximum atomic E-state index is 13.7. The fourth-order valence-corrected chi connectivity index (χ4v) is 3.07. The van der Waals surface area contributed by atoms with Crippen LogP contribution in [0.2, 0.25) is 0 Å². The quantitative estimate of drug-likeness (QED) is 0.905. The molecule has 1 aromatic carbocycles. The van der Waals surface area contributed by atoms with Crippen molar-refractivity contribution < 1.29 is 13.5 Å². The van der Waals surface area contributed by atoms with Gasteiger partial charge in [0.15, 0.2) is 11.6 Å². The molecule has 0 amide bonds. The summed E-state index contributed by atoms with van der Waals surface area (Å²) in [5.74, 6) is -1.08. The first-order valence-electron chi connectivity index (χ1n) is 7.29. The van der Waals surface area contributed by atoms with Crippen molar-refractivity contribution in [2.75, 3.05) is 6.54 Å². The predicted octanol–water partition coefficient (Wildman–Crippen LogP) is 3.90. The fraction of sp³-hybridized carbons (Fsp3) is 0.625. The predicted molar refractivity (Wildman–Crippen MR) is 75.9 cm³/mol. The van der Waals surface area contributed by atoms with E-state index in [4.69, 9.17) is 4.74 Å². The van der Waals surface area contributed by atoms with E-state index in [0.717, 1.165) is 31.9 Å². The molecule has 2 unspecified atom stereocenters. The highest BCUT2D eigenvalue weighted by Crippen LogP contribution is 2.37. The highest BCUT2D eigenvalue weighted by molar-refractivity contribution is 5.25. The van der Waals surface area contributed by atoms with Gasteiger partial charge in [0.05, 0.1) is 0 Å². The summed E-state index contributed by atoms with van der Waals surface area (Å²) >= 11 is 0. The highest BCUT2D eigenvalue weighted by Gasteiger charge is 2.40. The maximum absolute atomic E-state index is 13.7. The van der Waals surface area contributed by atoms with E-state index in [2.05, 4.69) is 26.1 Å². The van der Waals surface area contributed by atoms with Gasteiger partial charge in [-0.15, -0.1) is 0 Å². The van der Waals surface area contributed by atoms with Crippen molar-refractivity contribution in [2.24, 2.45) is 5.41 Å². The Labute approximate surface area is 119 Å². The lowest BCUT2D eigenvalue weighted by molar-refractivity contribution is 0.0348. The lowest BCUT2D eigenvalue weighted by Crippen LogP contribution is -2.54. The number of benzene rings is 1. The Kier molecular flexibility index (Phi) is 4.63. The summed E-state index contributed by atoms with van der Waals surface area (Å²) in [4.78, 5) is 0. The minimum absolute atomic E-state index is 0.0846. The first-order chi connectivity index (χ1) is 9.44. The molecule has 0 saturated heterocycles. The van der Waals surface area contributed by atoms with Gasteiger partial charge >= 0.3 is 0 Å². The molecule has 0 radical (unpaired) electrons. The smallest absolute Gasteiger partial charge is 0.167 e. The molecule has 1 saturated carbocycles. The van der Waals surface area contributed by atoms with Crippen molar-refractivity contribution in [2.45, 2.75) is 52.2 Å². The minimum Gasteiger partial charge on any atom is -0.486 e. The molecule has 2 atom stereocenters. The van der Waals surface area contributed by atoms with Crippen LogP contribution in [0, 0.1) is 17.0 Å². The van der Waals surface area contributed by atoms with E-state index in [0.29, 0.717) is 0 Å². The number of likely N-dealkylation sites (N-methyl/N-ethyl adjacent to an activating group) is 1. The van der Waals surface area contributed by atoms with Gasteiger partial charge in [0.25, 0.3) is 0 Å². The summed E-state index contributed by atoms with van der Waals surface area (Å²) in [6.45, 7) is 7.31. The van der Waals surface area contributed by atoms with Gasteiger partial charge in [-0.25, -0.2) is 8.78 Å². The Hall–Kier alpha value is -1.16. The van der Waals surface area contributed by atoms with Gasteiger partial charge in [-0.05, 0) is 43.4 Å². The zero-order valence-electron chi connectivity index (χ0n) is 12.4. The normalized spacial score (nSPS) is 25.4. The minimum atomic E-state index is -0.636. The molecular weight excluding hydrogens is 260 g/mol. The Balaban J connectivity index is 2.17. The second-order valence-corrected chi connectivity index (χ2v) is 6.15. The van der Waals surface area contributed by atoms with Crippen LogP contribution in [0.25, 0.3) is 0 Å². The van der Waals surface area contributed by atoms with E-state index in [1.54, 1.807) is 0 Å². The van der Waals surface area contributed by atoms with E-state index in [1.165, 1.54) is 12.1 Å². The number of hydrogen-bond donors (Lipinski definition) is 1. The monoisotopic (exact) mass is 283 g/mol. The van der Waals surface area contributed by atoms with Crippen LogP contribution in [0.4, 0.5) is 8.78 Å². The van der Waals surface area contributed by atoms with E-state index >= 15 is 0 Å². The first kappa shape index (κ1) is 15.2. The van der Waals surface area contributed by atoms with Gasteiger partial charge in [0.2, 0.25) is 0 Å². The molecule has 2 rings (SSSR count). The van der Waals surface area contributed by atoms with Gasteiger partial charge in [-0.3, -0.25) is 0 Å². The van der Waals surface area contributed by atoms with Crippen molar-refractivity contribution >= 4 is 0 Å². The number of hydrogen-bond acceptors (Lipinski definition) is 2. The molecule has 112 valence electrons. The maximum Gasteiger partial charge on any atom is 0.167 e. The molecule has 0 spiro atoms. The van der Waals surface area contributed by atoms with E-state index in [-0.39, 0.29) is 23.3 Å². The van der Waals surface area contributed by atoms with E-state index in [9.17, 15) is 8.78 Å². The third kappa shape index (κ3) is 3.29. The summed E-state index contributed by atoms with van der Waals surface area (Å²) in [5.41, 5.74) is 0.107. The largest absolute Gasteiger partial charge is 0.486 e. The Morgan fingerprint density at radius 2 is 2.10 bits per heavy atom. The van der Waals surface area contributed by atoms with Crippen molar-refractivity contribution in [3.8, 4) is 5.75 Å². The van der Waals surface area contributed by atoms with E-state index in [1.807, 2.05) is 0 Å². The van der Waals surface area contributed by atoms with Crippen LogP contribution < -0.4 is 10.1 Å². The average Bonchev–Trinajstić information content (AvgIpc) is 2.36. The molecule has 0 bridgehead atoms. The SMILES string of the molecule is CCNC1C(Oc2ccc(F)cc2F)CCCC1(C)C. The van der Waals surface area contributed by atoms with Crippen LogP contribution in [0.3, 0.4) is 0 Å². The molecule has 2 nitrogen and oxygen atoms in total. The Morgan fingerprint density at radius 1 is 1.35 bits per heavy atom. The molecule has 1 aliphatic rings. The van der Waals surface area contributed by atoms with Crippen LogP contribution in [0.15, 0.2) is 18.2 Å². The number of halogens is 2. The van der Waals surface area contributed by atoms with Crippen molar-refractivity contribution in [3.05, 3.63) is 29.8 Å². The molecule has 20 heavy (non-hydrogen) atoms. The second kappa shape index (κ2) is 6.08. The Morgan fingerprint density at radius 3 is 2.75 bits per heavy atom. The molecule has 0 aliphatic heterocycles. The first-order valence-corrected chi connectivity index (χ1v) is 7.29. The van der Waals surface area contributed by atoms with Crippen molar-refractivity contribution in [3.63, 3.8) is 0 Å². The van der Waals surface area contributed by atoms with Gasteiger partial charge in [0, 0.05) is 12.1 Å². The molecule has 4 heteroatoms. The van der Waals surface area contributed by atoms with Crippen molar-refractivity contribution in [1.82, 2.24) is 5.32 Å². The second-order valence-electron chi connectivity index (χ2n) is 6.15. The lowest BCUT2D eigenvalue weighted by atomic mass is 9.71. The highest BCUT2D eigenvalue weighted by atomic mass is 19.1. The molecule has 1 fully saturated rings. The summed E-state index contributed by atoms with van der Waals surface area (Å²) in [6.07, 6.45) is 2.98. The van der Waals surface area contributed by atoms with Crippen LogP contribution in [-0.2, 0) is 0 Å². The summed E-state index contributed by atoms with van der Waals surface area (Å²) in [5, 5.41) is 3.45. The van der Waals surface area contributed by atoms with E-state index < -0.39 is 11.6 Å². The third-order valence-corrected chi connectivity index (χ3v) is 4.12. The molecule has 0 heterocycles. The summed E-state index contributed by atoms with van der Waals surface area (Å²) < 4.78 is 32.5. The third-order valence-electron chi connectivity index (χ3n) is 4.12. The summed E-state index contributed by atoms with van der Waals surface area (Å²) in [6, 6.07) is 3.64. The fourth-order valence-electron chi connectivity index (χ4n) is 3.07. The van der Waals surface area contributed by atoms with Crippen LogP contribution in [0.1, 0.15) is 40.0 Å². The zero-order valence-corrected chi connectivity index (χ0v) is 12.4. The molecular formula is C16H23F2NO. The standard InChI is InChI=1S/C16H23F2NO/c1-4-19-15-14(6-5-9-16(15,2)3)20-13-8-7-11(17)10-12(13)18/h7-8,10,14-15,19H,4-6,9H2,1-3H3. The van der Waals surface area contributed by atoms with Gasteiger partial charge in [-0.1, -0.05) is 20.8 Å². The summed E-state index contributed by atoms with van der Waals surface area (Å²) in [7, 11) is 0.